The van der Waals surface area contributed by atoms with Crippen LogP contribution in [0.1, 0.15) is 19.8 Å². The van der Waals surface area contributed by atoms with Crippen LogP contribution in [0, 0.1) is 0 Å². The van der Waals surface area contributed by atoms with E-state index in [0.717, 1.165) is 6.42 Å². The topological polar surface area (TPSA) is 205 Å². The fraction of sp³-hybridized carbons (Fsp3) is 0.941. The Morgan fingerprint density at radius 3 is 2.23 bits per heavy atom. The van der Waals surface area contributed by atoms with Gasteiger partial charge in [-0.2, -0.15) is 0 Å². The van der Waals surface area contributed by atoms with Gasteiger partial charge in [0.15, 0.2) is 6.29 Å². The van der Waals surface area contributed by atoms with Crippen LogP contribution < -0.4 is 0 Å². The quantitative estimate of drug-likeness (QED) is 0.137. The molecule has 13 heteroatoms. The Balaban J connectivity index is 2.04. The summed E-state index contributed by atoms with van der Waals surface area (Å²) in [5.41, 5.74) is 0. The first-order valence-electron chi connectivity index (χ1n) is 9.63. The first kappa shape index (κ1) is 25.1. The Kier molecular flexibility index (Phi) is 9.17. The van der Waals surface area contributed by atoms with Gasteiger partial charge in [0.2, 0.25) is 5.79 Å². The van der Waals surface area contributed by atoms with E-state index in [-0.39, 0.29) is 6.61 Å². The number of carbonyl (C=O) groups is 1. The fourth-order valence-corrected chi connectivity index (χ4v) is 3.11. The van der Waals surface area contributed by atoms with Gasteiger partial charge in [0.1, 0.15) is 55.9 Å². The van der Waals surface area contributed by atoms with Crippen LogP contribution in [-0.4, -0.2) is 123 Å². The normalized spacial score (nSPS) is 41.6. The minimum absolute atomic E-state index is 0.138. The molecule has 2 heterocycles. The Hall–Kier alpha value is -1.13. The summed E-state index contributed by atoms with van der Waals surface area (Å²) >= 11 is 0. The van der Waals surface area contributed by atoms with Gasteiger partial charge in [-0.3, -0.25) is 0 Å². The third-order valence-corrected chi connectivity index (χ3v) is 4.97. The first-order chi connectivity index (χ1) is 14.2. The molecule has 0 amide bonds. The highest BCUT2D eigenvalue weighted by molar-refractivity contribution is 5.59. The van der Waals surface area contributed by atoms with Gasteiger partial charge in [0.05, 0.1) is 13.2 Å². The van der Waals surface area contributed by atoms with Crippen molar-refractivity contribution in [2.75, 3.05) is 26.4 Å². The van der Waals surface area contributed by atoms with Gasteiger partial charge in [-0.05, 0) is 6.42 Å². The van der Waals surface area contributed by atoms with Crippen LogP contribution in [0.5, 0.6) is 0 Å². The maximum atomic E-state index is 11.6. The number of hydrogen-bond acceptors (Lipinski definition) is 13. The van der Waals surface area contributed by atoms with E-state index in [2.05, 4.69) is 0 Å². The van der Waals surface area contributed by atoms with Gasteiger partial charge in [0, 0.05) is 0 Å². The Labute approximate surface area is 172 Å². The van der Waals surface area contributed by atoms with Crippen molar-refractivity contribution in [3.63, 3.8) is 0 Å². The predicted octanol–water partition coefficient (Wildman–Crippen LogP) is -3.43. The number of aliphatic hydroxyl groups is 7. The van der Waals surface area contributed by atoms with Crippen LogP contribution in [0.2, 0.25) is 0 Å². The average molecular weight is 442 g/mol. The average Bonchev–Trinajstić information content (AvgIpc) is 2.98. The summed E-state index contributed by atoms with van der Waals surface area (Å²) in [7, 11) is 0. The molecule has 7 N–H and O–H groups in total. The summed E-state index contributed by atoms with van der Waals surface area (Å²) in [6.45, 7) is -0.223. The van der Waals surface area contributed by atoms with Crippen LogP contribution >= 0.6 is 0 Å². The highest BCUT2D eigenvalue weighted by atomic mass is 16.8. The van der Waals surface area contributed by atoms with E-state index in [1.807, 2.05) is 6.92 Å². The molecule has 0 aromatic carbocycles. The van der Waals surface area contributed by atoms with Crippen molar-refractivity contribution in [3.8, 4) is 0 Å². The van der Waals surface area contributed by atoms with Crippen LogP contribution in [0.3, 0.4) is 0 Å². The van der Waals surface area contributed by atoms with E-state index in [1.54, 1.807) is 0 Å². The van der Waals surface area contributed by atoms with E-state index >= 15 is 0 Å². The fourth-order valence-electron chi connectivity index (χ4n) is 3.11. The molecule has 2 saturated heterocycles. The van der Waals surface area contributed by atoms with Gasteiger partial charge < -0.3 is 59.4 Å². The number of unbranched alkanes of at least 4 members (excludes halogenated alkanes) is 1. The Bertz CT molecular complexity index is 548. The smallest absolute Gasteiger partial charge is 0.434 e. The zero-order valence-electron chi connectivity index (χ0n) is 16.4. The molecule has 0 unspecified atom stereocenters. The molecule has 2 aliphatic heterocycles. The molecular formula is C17H30O13. The molecule has 0 radical (unpaired) electrons. The molecular weight excluding hydrogens is 412 g/mol. The molecule has 176 valence electrons. The lowest BCUT2D eigenvalue weighted by atomic mass is 9.99. The molecule has 30 heavy (non-hydrogen) atoms. The highest BCUT2D eigenvalue weighted by Gasteiger charge is 2.58. The molecule has 2 aliphatic rings. The second-order valence-corrected chi connectivity index (χ2v) is 7.14. The van der Waals surface area contributed by atoms with Gasteiger partial charge in [0.25, 0.3) is 0 Å². The number of rotatable bonds is 9. The monoisotopic (exact) mass is 442 g/mol. The van der Waals surface area contributed by atoms with Crippen LogP contribution in [0.15, 0.2) is 0 Å². The summed E-state index contributed by atoms with van der Waals surface area (Å²) in [5.74, 6) is -2.29. The molecule has 0 aromatic heterocycles. The molecule has 13 nitrogen and oxygen atoms in total. The standard InChI is InChI=1S/C17H30O13/c1-2-3-4-26-16(25)27-6-9-10(20)12(22)13(23)15(28-9)30-17(7-19)14(24)11(21)8(5-18)29-17/h8-15,18-24H,2-7H2,1H3/t8-,9-,10-,11-,12+,13-,14+,15-,17+/m1/s1. The predicted molar refractivity (Wildman–Crippen MR) is 93.8 cm³/mol. The van der Waals surface area contributed by atoms with Crippen molar-refractivity contribution >= 4 is 6.16 Å². The number of aliphatic hydroxyl groups excluding tert-OH is 7. The Morgan fingerprint density at radius 1 is 0.967 bits per heavy atom. The molecule has 2 rings (SSSR count). The van der Waals surface area contributed by atoms with Crippen LogP contribution in [0.25, 0.3) is 0 Å². The van der Waals surface area contributed by atoms with Crippen molar-refractivity contribution in [1.29, 1.82) is 0 Å². The Morgan fingerprint density at radius 2 is 1.67 bits per heavy atom. The van der Waals surface area contributed by atoms with Crippen molar-refractivity contribution in [1.82, 2.24) is 0 Å². The first-order valence-corrected chi connectivity index (χ1v) is 9.63. The zero-order chi connectivity index (χ0) is 22.5. The molecule has 0 spiro atoms. The third kappa shape index (κ3) is 5.37. The van der Waals surface area contributed by atoms with Crippen LogP contribution in [0.4, 0.5) is 4.79 Å². The second kappa shape index (κ2) is 10.9. The van der Waals surface area contributed by atoms with Gasteiger partial charge >= 0.3 is 6.16 Å². The van der Waals surface area contributed by atoms with Gasteiger partial charge in [-0.25, -0.2) is 4.79 Å². The van der Waals surface area contributed by atoms with Crippen molar-refractivity contribution < 1.29 is 64.2 Å². The molecule has 2 fully saturated rings. The molecule has 9 atom stereocenters. The van der Waals surface area contributed by atoms with Crippen molar-refractivity contribution in [2.24, 2.45) is 0 Å². The summed E-state index contributed by atoms with van der Waals surface area (Å²) in [5, 5.41) is 69.3. The molecule has 0 aromatic rings. The van der Waals surface area contributed by atoms with Crippen molar-refractivity contribution in [2.45, 2.75) is 74.6 Å². The minimum Gasteiger partial charge on any atom is -0.434 e. The van der Waals surface area contributed by atoms with Gasteiger partial charge in [-0.15, -0.1) is 0 Å². The van der Waals surface area contributed by atoms with E-state index in [1.165, 1.54) is 0 Å². The molecule has 0 bridgehead atoms. The van der Waals surface area contributed by atoms with Gasteiger partial charge in [-0.1, -0.05) is 13.3 Å². The maximum absolute atomic E-state index is 11.6. The largest absolute Gasteiger partial charge is 0.508 e. The number of hydrogen-bond donors (Lipinski definition) is 7. The van der Waals surface area contributed by atoms with Crippen molar-refractivity contribution in [3.05, 3.63) is 0 Å². The lowest BCUT2D eigenvalue weighted by molar-refractivity contribution is -0.383. The third-order valence-electron chi connectivity index (χ3n) is 4.97. The maximum Gasteiger partial charge on any atom is 0.508 e. The summed E-state index contributed by atoms with van der Waals surface area (Å²) in [6, 6.07) is 0. The van der Waals surface area contributed by atoms with E-state index in [4.69, 9.17) is 23.7 Å². The SMILES string of the molecule is CCCCOC(=O)OC[C@H]1O[C@H](O[C@]2(CO)O[C@H](CO)[C@@H](O)[C@@H]2O)[C@H](O)[C@@H](O)[C@@H]1O. The minimum atomic E-state index is -2.29. The summed E-state index contributed by atoms with van der Waals surface area (Å²) in [4.78, 5) is 11.6. The van der Waals surface area contributed by atoms with E-state index in [9.17, 15) is 40.5 Å². The second-order valence-electron chi connectivity index (χ2n) is 7.14. The lowest BCUT2D eigenvalue weighted by Crippen LogP contribution is -2.62. The number of carbonyl (C=O) groups excluding carboxylic acids is 1. The van der Waals surface area contributed by atoms with E-state index < -0.39 is 80.8 Å². The lowest BCUT2D eigenvalue weighted by Gasteiger charge is -2.43. The van der Waals surface area contributed by atoms with E-state index in [0.29, 0.717) is 6.42 Å². The molecule has 0 aliphatic carbocycles. The van der Waals surface area contributed by atoms with Crippen LogP contribution in [-0.2, 0) is 23.7 Å². The highest BCUT2D eigenvalue weighted by Crippen LogP contribution is 2.36. The zero-order valence-corrected chi connectivity index (χ0v) is 16.4. The summed E-state index contributed by atoms with van der Waals surface area (Å²) < 4.78 is 25.5. The molecule has 0 saturated carbocycles. The number of ether oxygens (including phenoxy) is 5. The summed E-state index contributed by atoms with van der Waals surface area (Å²) in [6.07, 6.45) is -12.8.